The molecule has 1 aliphatic rings. The zero-order valence-corrected chi connectivity index (χ0v) is 17.6. The van der Waals surface area contributed by atoms with Gasteiger partial charge in [0.15, 0.2) is 0 Å². The molecule has 3 rings (SSSR count). The summed E-state index contributed by atoms with van der Waals surface area (Å²) in [6.07, 6.45) is 1.27. The maximum absolute atomic E-state index is 12.8. The van der Waals surface area contributed by atoms with Crippen LogP contribution in [0.4, 0.5) is 0 Å². The third-order valence-corrected chi connectivity index (χ3v) is 9.35. The molecule has 1 fully saturated rings. The van der Waals surface area contributed by atoms with Gasteiger partial charge in [-0.2, -0.15) is 8.61 Å². The van der Waals surface area contributed by atoms with Crippen LogP contribution in [0, 0.1) is 0 Å². The minimum atomic E-state index is -4.07. The number of nitrogens with two attached hydrogens (primary N) is 1. The van der Waals surface area contributed by atoms with E-state index in [9.17, 15) is 26.4 Å². The minimum Gasteiger partial charge on any atom is -0.477 e. The second kappa shape index (κ2) is 7.53. The number of thiophene rings is 1. The lowest BCUT2D eigenvalue weighted by Gasteiger charge is -2.33. The van der Waals surface area contributed by atoms with Gasteiger partial charge in [-0.3, -0.25) is 4.79 Å². The molecule has 1 saturated heterocycles. The second-order valence-corrected chi connectivity index (χ2v) is 11.0. The van der Waals surface area contributed by atoms with E-state index >= 15 is 0 Å². The van der Waals surface area contributed by atoms with Crippen LogP contribution in [0.25, 0.3) is 0 Å². The van der Waals surface area contributed by atoms with E-state index in [1.54, 1.807) is 0 Å². The number of carbonyl (C=O) groups is 2. The van der Waals surface area contributed by atoms with Crippen molar-refractivity contribution in [2.75, 3.05) is 26.2 Å². The van der Waals surface area contributed by atoms with E-state index in [1.165, 1.54) is 35.3 Å². The first kappa shape index (κ1) is 21.4. The number of amides is 1. The predicted molar refractivity (Wildman–Crippen MR) is 103 cm³/mol. The van der Waals surface area contributed by atoms with Crippen molar-refractivity contribution in [3.05, 3.63) is 34.3 Å². The fourth-order valence-corrected chi connectivity index (χ4v) is 7.16. The van der Waals surface area contributed by atoms with Gasteiger partial charge in [0.2, 0.25) is 20.0 Å². The largest absolute Gasteiger partial charge is 0.477 e. The molecule has 11 nitrogen and oxygen atoms in total. The summed E-state index contributed by atoms with van der Waals surface area (Å²) in [7, 11) is -6.53. The van der Waals surface area contributed by atoms with E-state index < -0.39 is 31.9 Å². The first-order valence-corrected chi connectivity index (χ1v) is 12.0. The minimum absolute atomic E-state index is 0.0310. The number of sulfonamides is 2. The first-order chi connectivity index (χ1) is 13.5. The number of primary amides is 1. The van der Waals surface area contributed by atoms with Gasteiger partial charge in [-0.15, -0.1) is 11.3 Å². The molecule has 0 aliphatic carbocycles. The quantitative estimate of drug-likeness (QED) is 0.589. The number of carbonyl (C=O) groups excluding carboxylic acids is 1. The molecule has 3 heterocycles. The molecule has 158 valence electrons. The fraction of sp³-hybridized carbons (Fsp3) is 0.333. The number of aromatic nitrogens is 1. The fourth-order valence-electron chi connectivity index (χ4n) is 3.02. The number of carboxylic acid groups (broad SMARTS) is 1. The molecule has 0 atom stereocenters. The summed E-state index contributed by atoms with van der Waals surface area (Å²) in [5.41, 5.74) is 5.24. The Kier molecular flexibility index (Phi) is 5.57. The highest BCUT2D eigenvalue weighted by Crippen LogP contribution is 2.27. The number of carboxylic acids is 1. The van der Waals surface area contributed by atoms with Crippen LogP contribution in [0.3, 0.4) is 0 Å². The summed E-state index contributed by atoms with van der Waals surface area (Å²) < 4.78 is 54.7. The van der Waals surface area contributed by atoms with Crippen molar-refractivity contribution >= 4 is 43.3 Å². The molecule has 2 aromatic heterocycles. The number of hydrogen-bond donors (Lipinski definition) is 2. The van der Waals surface area contributed by atoms with E-state index in [-0.39, 0.29) is 46.5 Å². The number of nitrogens with zero attached hydrogens (tertiary/aromatic N) is 3. The molecule has 3 N–H and O–H groups in total. The molecular formula is C15H18N4O7S3. The number of piperazine rings is 1. The highest BCUT2D eigenvalue weighted by molar-refractivity contribution is 7.89. The Labute approximate surface area is 171 Å². The summed E-state index contributed by atoms with van der Waals surface area (Å²) in [5.74, 6) is -2.11. The van der Waals surface area contributed by atoms with Gasteiger partial charge in [0.25, 0.3) is 5.91 Å². The molecular weight excluding hydrogens is 444 g/mol. The number of aromatic carboxylic acids is 1. The van der Waals surface area contributed by atoms with Gasteiger partial charge in [0, 0.05) is 39.4 Å². The van der Waals surface area contributed by atoms with Gasteiger partial charge in [-0.1, -0.05) is 0 Å². The van der Waals surface area contributed by atoms with Gasteiger partial charge in [-0.25, -0.2) is 21.6 Å². The van der Waals surface area contributed by atoms with Crippen LogP contribution < -0.4 is 5.73 Å². The van der Waals surface area contributed by atoms with E-state index in [0.29, 0.717) is 0 Å². The maximum Gasteiger partial charge on any atom is 0.347 e. The normalized spacial score (nSPS) is 16.7. The topological polar surface area (TPSA) is 160 Å². The summed E-state index contributed by atoms with van der Waals surface area (Å²) in [5, 5.41) is 10.5. The lowest BCUT2D eigenvalue weighted by Crippen LogP contribution is -2.50. The molecule has 29 heavy (non-hydrogen) atoms. The molecule has 0 aromatic carbocycles. The van der Waals surface area contributed by atoms with Crippen LogP contribution in [-0.4, -0.2) is 73.2 Å². The Morgan fingerprint density at radius 1 is 1.07 bits per heavy atom. The SMILES string of the molecule is Cn1cc(S(=O)(=O)N2CCN(S(=O)(=O)c3ccsc3C(=O)O)CC2)cc1C(N)=O. The number of hydrogen-bond acceptors (Lipinski definition) is 7. The van der Waals surface area contributed by atoms with Crippen LogP contribution in [-0.2, 0) is 27.1 Å². The van der Waals surface area contributed by atoms with Crippen molar-refractivity contribution < 1.29 is 31.5 Å². The lowest BCUT2D eigenvalue weighted by atomic mass is 10.4. The van der Waals surface area contributed by atoms with Crippen LogP contribution in [0.1, 0.15) is 20.2 Å². The smallest absolute Gasteiger partial charge is 0.347 e. The molecule has 0 bridgehead atoms. The van der Waals surface area contributed by atoms with Gasteiger partial charge in [-0.05, 0) is 17.5 Å². The third kappa shape index (κ3) is 3.81. The number of rotatable bonds is 6. The summed E-state index contributed by atoms with van der Waals surface area (Å²) in [4.78, 5) is 21.9. The average Bonchev–Trinajstić information content (AvgIpc) is 3.29. The van der Waals surface area contributed by atoms with E-state index in [0.717, 1.165) is 19.9 Å². The molecule has 2 aromatic rings. The summed E-state index contributed by atoms with van der Waals surface area (Å²) >= 11 is 0.805. The Morgan fingerprint density at radius 3 is 2.10 bits per heavy atom. The molecule has 0 saturated carbocycles. The zero-order valence-electron chi connectivity index (χ0n) is 15.2. The molecule has 1 amide bonds. The maximum atomic E-state index is 12.8. The van der Waals surface area contributed by atoms with Crippen molar-refractivity contribution in [2.24, 2.45) is 12.8 Å². The van der Waals surface area contributed by atoms with Crippen molar-refractivity contribution in [2.45, 2.75) is 9.79 Å². The van der Waals surface area contributed by atoms with Crippen molar-refractivity contribution in [3.63, 3.8) is 0 Å². The standard InChI is InChI=1S/C15H18N4O7S3/c1-17-9-10(8-11(17)14(16)20)28(23,24)18-3-5-19(6-4-18)29(25,26)12-2-7-27-13(12)15(21)22/h2,7-9H,3-6H2,1H3,(H2,16,20)(H,21,22). The van der Waals surface area contributed by atoms with Gasteiger partial charge in [0.05, 0.1) is 0 Å². The Morgan fingerprint density at radius 2 is 1.62 bits per heavy atom. The van der Waals surface area contributed by atoms with Crippen LogP contribution in [0.5, 0.6) is 0 Å². The van der Waals surface area contributed by atoms with Crippen molar-refractivity contribution in [3.8, 4) is 0 Å². The van der Waals surface area contributed by atoms with Crippen LogP contribution in [0.15, 0.2) is 33.5 Å². The molecule has 0 radical (unpaired) electrons. The van der Waals surface area contributed by atoms with Crippen LogP contribution in [0.2, 0.25) is 0 Å². The molecule has 0 spiro atoms. The predicted octanol–water partition coefficient (Wildman–Crippen LogP) is -0.421. The van der Waals surface area contributed by atoms with Crippen molar-refractivity contribution in [1.29, 1.82) is 0 Å². The number of aryl methyl sites for hydroxylation is 1. The Hall–Kier alpha value is -2.26. The van der Waals surface area contributed by atoms with E-state index in [1.807, 2.05) is 0 Å². The average molecular weight is 463 g/mol. The molecule has 14 heteroatoms. The van der Waals surface area contributed by atoms with E-state index in [2.05, 4.69) is 0 Å². The third-order valence-electron chi connectivity index (χ3n) is 4.51. The molecule has 0 unspecified atom stereocenters. The van der Waals surface area contributed by atoms with Crippen molar-refractivity contribution in [1.82, 2.24) is 13.2 Å². The highest BCUT2D eigenvalue weighted by atomic mass is 32.2. The summed E-state index contributed by atoms with van der Waals surface area (Å²) in [6, 6.07) is 2.40. The lowest BCUT2D eigenvalue weighted by molar-refractivity contribution is 0.0698. The zero-order chi connectivity index (χ0) is 21.6. The summed E-state index contributed by atoms with van der Waals surface area (Å²) in [6.45, 7) is -0.498. The van der Waals surface area contributed by atoms with Gasteiger partial charge < -0.3 is 15.4 Å². The monoisotopic (exact) mass is 462 g/mol. The second-order valence-electron chi connectivity index (χ2n) is 6.26. The Bertz CT molecular complexity index is 1170. The van der Waals surface area contributed by atoms with Gasteiger partial charge in [0.1, 0.15) is 20.4 Å². The molecule has 1 aliphatic heterocycles. The Balaban J connectivity index is 1.79. The highest BCUT2D eigenvalue weighted by Gasteiger charge is 2.36. The van der Waals surface area contributed by atoms with Crippen LogP contribution >= 0.6 is 11.3 Å². The van der Waals surface area contributed by atoms with E-state index in [4.69, 9.17) is 10.8 Å². The van der Waals surface area contributed by atoms with Gasteiger partial charge >= 0.3 is 5.97 Å². The first-order valence-electron chi connectivity index (χ1n) is 8.23.